The molecule has 0 aliphatic carbocycles. The first kappa shape index (κ1) is 15.0. The smallest absolute Gasteiger partial charge is 0.256 e. The van der Waals surface area contributed by atoms with Gasteiger partial charge in [0.05, 0.1) is 16.8 Å². The Bertz CT molecular complexity index is 711. The number of likely N-dealkylation sites (N-methyl/N-ethyl adjacent to an activating group) is 1. The Morgan fingerprint density at radius 1 is 1.36 bits per heavy atom. The molecule has 1 aromatic heterocycles. The molecular formula is C18H23N3O. The zero-order valence-corrected chi connectivity index (χ0v) is 13.5. The number of hydrogen-bond donors (Lipinski definition) is 1. The highest BCUT2D eigenvalue weighted by Gasteiger charge is 2.29. The topological polar surface area (TPSA) is 45.2 Å². The van der Waals surface area contributed by atoms with Gasteiger partial charge < -0.3 is 10.2 Å². The van der Waals surface area contributed by atoms with Crippen molar-refractivity contribution in [3.8, 4) is 0 Å². The molecule has 1 N–H and O–H groups in total. The van der Waals surface area contributed by atoms with Crippen LogP contribution in [0.3, 0.4) is 0 Å². The molecule has 3 rings (SSSR count). The van der Waals surface area contributed by atoms with Crippen LogP contribution in [0, 0.1) is 13.8 Å². The molecule has 1 aliphatic rings. The molecule has 0 bridgehead atoms. The van der Waals surface area contributed by atoms with E-state index in [-0.39, 0.29) is 5.91 Å². The van der Waals surface area contributed by atoms with Crippen molar-refractivity contribution in [2.45, 2.75) is 32.7 Å². The molecule has 1 saturated heterocycles. The summed E-state index contributed by atoms with van der Waals surface area (Å²) in [6.45, 7) is 5.68. The summed E-state index contributed by atoms with van der Waals surface area (Å²) in [5, 5.41) is 4.23. The summed E-state index contributed by atoms with van der Waals surface area (Å²) in [6.07, 6.45) is 2.16. The molecule has 22 heavy (non-hydrogen) atoms. The molecular weight excluding hydrogens is 274 g/mol. The van der Waals surface area contributed by atoms with Gasteiger partial charge in [-0.1, -0.05) is 11.6 Å². The van der Waals surface area contributed by atoms with Gasteiger partial charge in [0, 0.05) is 24.5 Å². The molecule has 1 fully saturated rings. The van der Waals surface area contributed by atoms with Crippen molar-refractivity contribution in [2.24, 2.45) is 0 Å². The van der Waals surface area contributed by atoms with Crippen molar-refractivity contribution >= 4 is 16.8 Å². The number of likely N-dealkylation sites (tertiary alicyclic amines) is 1. The van der Waals surface area contributed by atoms with E-state index in [2.05, 4.69) is 29.4 Å². The number of amides is 1. The average molecular weight is 297 g/mol. The van der Waals surface area contributed by atoms with Gasteiger partial charge in [-0.15, -0.1) is 0 Å². The second kappa shape index (κ2) is 6.05. The SMILES string of the molecule is CNCC1CCCN1C(=O)c1cc2cc(C)ccc2nc1C. The Balaban J connectivity index is 1.98. The average Bonchev–Trinajstić information content (AvgIpc) is 2.95. The van der Waals surface area contributed by atoms with Crippen molar-refractivity contribution in [2.75, 3.05) is 20.1 Å². The second-order valence-corrected chi connectivity index (χ2v) is 6.17. The van der Waals surface area contributed by atoms with Gasteiger partial charge >= 0.3 is 0 Å². The number of pyridine rings is 1. The third-order valence-electron chi connectivity index (χ3n) is 4.47. The van der Waals surface area contributed by atoms with Gasteiger partial charge in [-0.3, -0.25) is 9.78 Å². The number of aromatic nitrogens is 1. The Morgan fingerprint density at radius 3 is 2.95 bits per heavy atom. The van der Waals surface area contributed by atoms with Gasteiger partial charge in [0.1, 0.15) is 0 Å². The van der Waals surface area contributed by atoms with Gasteiger partial charge in [-0.05, 0) is 51.9 Å². The monoisotopic (exact) mass is 297 g/mol. The van der Waals surface area contributed by atoms with Gasteiger partial charge in [0.15, 0.2) is 0 Å². The van der Waals surface area contributed by atoms with Gasteiger partial charge in [0.25, 0.3) is 5.91 Å². The number of carbonyl (C=O) groups excluding carboxylic acids is 1. The van der Waals surface area contributed by atoms with E-state index >= 15 is 0 Å². The maximum absolute atomic E-state index is 12.9. The molecule has 4 heteroatoms. The van der Waals surface area contributed by atoms with Gasteiger partial charge in [-0.2, -0.15) is 0 Å². The van der Waals surface area contributed by atoms with E-state index in [9.17, 15) is 4.79 Å². The Morgan fingerprint density at radius 2 is 2.18 bits per heavy atom. The fourth-order valence-corrected chi connectivity index (χ4v) is 3.31. The van der Waals surface area contributed by atoms with Crippen LogP contribution in [0.5, 0.6) is 0 Å². The van der Waals surface area contributed by atoms with Crippen molar-refractivity contribution < 1.29 is 4.79 Å². The quantitative estimate of drug-likeness (QED) is 0.947. The first-order valence-corrected chi connectivity index (χ1v) is 7.93. The largest absolute Gasteiger partial charge is 0.334 e. The van der Waals surface area contributed by atoms with Crippen molar-refractivity contribution in [1.29, 1.82) is 0 Å². The summed E-state index contributed by atoms with van der Waals surface area (Å²) in [6, 6.07) is 8.46. The molecule has 1 aliphatic heterocycles. The lowest BCUT2D eigenvalue weighted by atomic mass is 10.1. The number of nitrogens with zero attached hydrogens (tertiary/aromatic N) is 2. The Kier molecular flexibility index (Phi) is 4.12. The number of aryl methyl sites for hydroxylation is 2. The van der Waals surface area contributed by atoms with E-state index in [1.54, 1.807) is 0 Å². The fraction of sp³-hybridized carbons (Fsp3) is 0.444. The lowest BCUT2D eigenvalue weighted by Crippen LogP contribution is -2.41. The van der Waals surface area contributed by atoms with Crippen molar-refractivity contribution in [1.82, 2.24) is 15.2 Å². The zero-order chi connectivity index (χ0) is 15.7. The van der Waals surface area contributed by atoms with Crippen LogP contribution in [0.2, 0.25) is 0 Å². The zero-order valence-electron chi connectivity index (χ0n) is 13.5. The summed E-state index contributed by atoms with van der Waals surface area (Å²) >= 11 is 0. The summed E-state index contributed by atoms with van der Waals surface area (Å²) < 4.78 is 0. The van der Waals surface area contributed by atoms with E-state index < -0.39 is 0 Å². The summed E-state index contributed by atoms with van der Waals surface area (Å²) in [4.78, 5) is 19.6. The number of hydrogen-bond acceptors (Lipinski definition) is 3. The minimum absolute atomic E-state index is 0.117. The number of fused-ring (bicyclic) bond motifs is 1. The molecule has 4 nitrogen and oxygen atoms in total. The van der Waals surface area contributed by atoms with Gasteiger partial charge in [-0.25, -0.2) is 0 Å². The van der Waals surface area contributed by atoms with E-state index in [0.29, 0.717) is 6.04 Å². The summed E-state index contributed by atoms with van der Waals surface area (Å²) in [5.41, 5.74) is 3.69. The minimum Gasteiger partial charge on any atom is -0.334 e. The summed E-state index contributed by atoms with van der Waals surface area (Å²) in [5.74, 6) is 0.117. The third kappa shape index (κ3) is 2.71. The highest BCUT2D eigenvalue weighted by atomic mass is 16.2. The summed E-state index contributed by atoms with van der Waals surface area (Å²) in [7, 11) is 1.94. The normalized spacial score (nSPS) is 18.1. The van der Waals surface area contributed by atoms with Crippen LogP contribution in [0.1, 0.15) is 34.5 Å². The second-order valence-electron chi connectivity index (χ2n) is 6.17. The molecule has 2 heterocycles. The van der Waals surface area contributed by atoms with Crippen LogP contribution in [0.25, 0.3) is 10.9 Å². The predicted molar refractivity (Wildman–Crippen MR) is 89.2 cm³/mol. The van der Waals surface area contributed by atoms with Crippen LogP contribution in [-0.4, -0.2) is 42.0 Å². The highest BCUT2D eigenvalue weighted by Crippen LogP contribution is 2.23. The van der Waals surface area contributed by atoms with Crippen molar-refractivity contribution in [3.63, 3.8) is 0 Å². The number of benzene rings is 1. The Labute approximate surface area is 131 Å². The van der Waals surface area contributed by atoms with Crippen LogP contribution in [-0.2, 0) is 0 Å². The number of rotatable bonds is 3. The lowest BCUT2D eigenvalue weighted by molar-refractivity contribution is 0.0736. The molecule has 2 aromatic rings. The van der Waals surface area contributed by atoms with Crippen LogP contribution in [0.4, 0.5) is 0 Å². The number of carbonyl (C=O) groups is 1. The lowest BCUT2D eigenvalue weighted by Gasteiger charge is -2.25. The van der Waals surface area contributed by atoms with E-state index in [0.717, 1.165) is 48.1 Å². The predicted octanol–water partition coefficient (Wildman–Crippen LogP) is 2.68. The van der Waals surface area contributed by atoms with E-state index in [4.69, 9.17) is 0 Å². The Hall–Kier alpha value is -1.94. The van der Waals surface area contributed by atoms with Crippen LogP contribution in [0.15, 0.2) is 24.3 Å². The van der Waals surface area contributed by atoms with Gasteiger partial charge in [0.2, 0.25) is 0 Å². The number of nitrogens with one attached hydrogen (secondary N) is 1. The molecule has 0 spiro atoms. The molecule has 1 aromatic carbocycles. The molecule has 116 valence electrons. The fourth-order valence-electron chi connectivity index (χ4n) is 3.31. The van der Waals surface area contributed by atoms with Crippen LogP contribution < -0.4 is 5.32 Å². The standard InChI is InChI=1S/C18H23N3O/c1-12-6-7-17-14(9-12)10-16(13(2)20-17)18(22)21-8-4-5-15(21)11-19-3/h6-7,9-10,15,19H,4-5,8,11H2,1-3H3. The molecule has 1 atom stereocenters. The first-order chi connectivity index (χ1) is 10.6. The van der Waals surface area contributed by atoms with E-state index in [1.165, 1.54) is 5.56 Å². The van der Waals surface area contributed by atoms with Crippen LogP contribution >= 0.6 is 0 Å². The molecule has 0 saturated carbocycles. The third-order valence-corrected chi connectivity index (χ3v) is 4.47. The van der Waals surface area contributed by atoms with E-state index in [1.807, 2.05) is 31.0 Å². The first-order valence-electron chi connectivity index (χ1n) is 7.93. The van der Waals surface area contributed by atoms with Crippen molar-refractivity contribution in [3.05, 3.63) is 41.1 Å². The molecule has 1 unspecified atom stereocenters. The molecule has 0 radical (unpaired) electrons. The maximum Gasteiger partial charge on any atom is 0.256 e. The maximum atomic E-state index is 12.9. The molecule has 1 amide bonds. The minimum atomic E-state index is 0.117. The highest BCUT2D eigenvalue weighted by molar-refractivity contribution is 5.99.